The second-order valence-corrected chi connectivity index (χ2v) is 6.38. The van der Waals surface area contributed by atoms with Gasteiger partial charge in [0, 0.05) is 19.6 Å². The van der Waals surface area contributed by atoms with Crippen LogP contribution >= 0.6 is 0 Å². The predicted molar refractivity (Wildman–Crippen MR) is 85.8 cm³/mol. The van der Waals surface area contributed by atoms with Gasteiger partial charge in [-0.25, -0.2) is 0 Å². The minimum atomic E-state index is -0.638. The molecule has 1 fully saturated rings. The van der Waals surface area contributed by atoms with E-state index < -0.39 is 5.54 Å². The van der Waals surface area contributed by atoms with Gasteiger partial charge in [0.1, 0.15) is 0 Å². The Morgan fingerprint density at radius 1 is 1.14 bits per heavy atom. The van der Waals surface area contributed by atoms with Crippen LogP contribution in [0, 0.1) is 0 Å². The first-order valence-corrected chi connectivity index (χ1v) is 7.78. The van der Waals surface area contributed by atoms with E-state index in [1.54, 1.807) is 0 Å². The molecule has 4 heteroatoms. The summed E-state index contributed by atoms with van der Waals surface area (Å²) in [4.78, 5) is 16.9. The lowest BCUT2D eigenvalue weighted by atomic mass is 9.96. The Balaban J connectivity index is 2.09. The van der Waals surface area contributed by atoms with Gasteiger partial charge in [-0.3, -0.25) is 4.79 Å². The second kappa shape index (κ2) is 7.05. The number of carbonyl (C=O) groups is 1. The summed E-state index contributed by atoms with van der Waals surface area (Å²) in [5, 5.41) is 0. The van der Waals surface area contributed by atoms with Crippen LogP contribution in [0.1, 0.15) is 31.2 Å². The highest BCUT2D eigenvalue weighted by Crippen LogP contribution is 2.29. The summed E-state index contributed by atoms with van der Waals surface area (Å²) in [5.74, 6) is 0.116. The van der Waals surface area contributed by atoms with E-state index in [1.807, 2.05) is 37.2 Å². The molecule has 0 radical (unpaired) electrons. The minimum Gasteiger partial charge on any atom is -0.335 e. The van der Waals surface area contributed by atoms with Gasteiger partial charge in [0.05, 0.1) is 5.54 Å². The lowest BCUT2D eigenvalue weighted by Crippen LogP contribution is -2.54. The Bertz CT molecular complexity index is 452. The number of benzene rings is 1. The molecular formula is C17H27N3O. The van der Waals surface area contributed by atoms with Gasteiger partial charge in [0.2, 0.25) is 5.91 Å². The minimum absolute atomic E-state index is 0.116. The summed E-state index contributed by atoms with van der Waals surface area (Å²) in [7, 11) is 4.05. The molecule has 0 saturated heterocycles. The maximum atomic E-state index is 12.9. The van der Waals surface area contributed by atoms with Crippen LogP contribution in [0.15, 0.2) is 30.3 Å². The first-order valence-electron chi connectivity index (χ1n) is 7.78. The van der Waals surface area contributed by atoms with Crippen LogP contribution in [0.5, 0.6) is 0 Å². The van der Waals surface area contributed by atoms with Gasteiger partial charge in [0.25, 0.3) is 0 Å². The van der Waals surface area contributed by atoms with Gasteiger partial charge >= 0.3 is 0 Å². The highest BCUT2D eigenvalue weighted by Gasteiger charge is 2.39. The summed E-state index contributed by atoms with van der Waals surface area (Å²) in [5.41, 5.74) is 6.88. The number of rotatable bonds is 6. The van der Waals surface area contributed by atoms with Crippen LogP contribution in [0.4, 0.5) is 0 Å². The summed E-state index contributed by atoms with van der Waals surface area (Å²) in [6.45, 7) is 2.22. The Labute approximate surface area is 127 Å². The van der Waals surface area contributed by atoms with E-state index in [-0.39, 0.29) is 5.91 Å². The smallest absolute Gasteiger partial charge is 0.242 e. The molecule has 21 heavy (non-hydrogen) atoms. The largest absolute Gasteiger partial charge is 0.335 e. The van der Waals surface area contributed by atoms with Crippen LogP contribution in [0.2, 0.25) is 0 Å². The molecule has 0 aromatic heterocycles. The molecular weight excluding hydrogens is 262 g/mol. The van der Waals surface area contributed by atoms with Crippen molar-refractivity contribution in [3.05, 3.63) is 35.9 Å². The topological polar surface area (TPSA) is 49.6 Å². The van der Waals surface area contributed by atoms with Crippen molar-refractivity contribution in [1.82, 2.24) is 9.80 Å². The lowest BCUT2D eigenvalue weighted by molar-refractivity contribution is -0.137. The highest BCUT2D eigenvalue weighted by molar-refractivity contribution is 5.86. The molecule has 116 valence electrons. The number of carbonyl (C=O) groups excluding carboxylic acids is 1. The molecule has 1 aliphatic carbocycles. The third kappa shape index (κ3) is 4.29. The standard InChI is InChI=1S/C17H27N3O/c1-19(2)12-13-20(14-15-8-4-3-5-9-15)16(21)17(18)10-6-7-11-17/h3-5,8-9H,6-7,10-14,18H2,1-2H3. The molecule has 4 nitrogen and oxygen atoms in total. The Kier molecular flexibility index (Phi) is 5.37. The molecule has 0 atom stereocenters. The Morgan fingerprint density at radius 2 is 1.76 bits per heavy atom. The molecule has 2 rings (SSSR count). The van der Waals surface area contributed by atoms with Crippen LogP contribution < -0.4 is 5.73 Å². The molecule has 0 unspecified atom stereocenters. The van der Waals surface area contributed by atoms with Crippen molar-refractivity contribution in [2.24, 2.45) is 5.73 Å². The molecule has 1 aromatic carbocycles. The molecule has 0 aliphatic heterocycles. The van der Waals surface area contributed by atoms with Gasteiger partial charge in [0.15, 0.2) is 0 Å². The van der Waals surface area contributed by atoms with Gasteiger partial charge in [-0.2, -0.15) is 0 Å². The van der Waals surface area contributed by atoms with Crippen molar-refractivity contribution < 1.29 is 4.79 Å². The summed E-state index contributed by atoms with van der Waals surface area (Å²) < 4.78 is 0. The monoisotopic (exact) mass is 289 g/mol. The number of hydrogen-bond donors (Lipinski definition) is 1. The number of nitrogens with two attached hydrogens (primary N) is 1. The zero-order valence-electron chi connectivity index (χ0n) is 13.2. The average molecular weight is 289 g/mol. The van der Waals surface area contributed by atoms with Crippen molar-refractivity contribution in [1.29, 1.82) is 0 Å². The third-order valence-electron chi connectivity index (χ3n) is 4.24. The summed E-state index contributed by atoms with van der Waals surface area (Å²) >= 11 is 0. The first kappa shape index (κ1) is 16.0. The fourth-order valence-electron chi connectivity index (χ4n) is 2.91. The molecule has 2 N–H and O–H groups in total. The van der Waals surface area contributed by atoms with Crippen LogP contribution in [-0.4, -0.2) is 48.4 Å². The predicted octanol–water partition coefficient (Wildman–Crippen LogP) is 1.85. The van der Waals surface area contributed by atoms with Crippen molar-refractivity contribution >= 4 is 5.91 Å². The summed E-state index contributed by atoms with van der Waals surface area (Å²) in [6.07, 6.45) is 3.77. The Morgan fingerprint density at radius 3 is 2.33 bits per heavy atom. The van der Waals surface area contributed by atoms with Crippen molar-refractivity contribution in [3.8, 4) is 0 Å². The van der Waals surface area contributed by atoms with Crippen molar-refractivity contribution in [2.75, 3.05) is 27.2 Å². The van der Waals surface area contributed by atoms with E-state index >= 15 is 0 Å². The van der Waals surface area contributed by atoms with E-state index in [4.69, 9.17) is 5.73 Å². The van der Waals surface area contributed by atoms with Gasteiger partial charge in [-0.05, 0) is 32.5 Å². The maximum absolute atomic E-state index is 12.9. The lowest BCUT2D eigenvalue weighted by Gasteiger charge is -2.32. The molecule has 0 heterocycles. The van der Waals surface area contributed by atoms with Gasteiger partial charge in [-0.1, -0.05) is 43.2 Å². The van der Waals surface area contributed by atoms with Crippen LogP contribution in [-0.2, 0) is 11.3 Å². The van der Waals surface area contributed by atoms with Crippen molar-refractivity contribution in [2.45, 2.75) is 37.8 Å². The van der Waals surface area contributed by atoms with E-state index in [2.05, 4.69) is 17.0 Å². The second-order valence-electron chi connectivity index (χ2n) is 6.38. The molecule has 1 amide bonds. The average Bonchev–Trinajstić information content (AvgIpc) is 2.92. The molecule has 1 saturated carbocycles. The zero-order chi connectivity index (χ0) is 15.3. The van der Waals surface area contributed by atoms with Crippen molar-refractivity contribution in [3.63, 3.8) is 0 Å². The molecule has 0 bridgehead atoms. The zero-order valence-corrected chi connectivity index (χ0v) is 13.2. The first-order chi connectivity index (χ1) is 10.0. The van der Waals surface area contributed by atoms with Gasteiger partial charge < -0.3 is 15.5 Å². The van der Waals surface area contributed by atoms with E-state index in [0.717, 1.165) is 44.3 Å². The number of likely N-dealkylation sites (N-methyl/N-ethyl adjacent to an activating group) is 1. The summed E-state index contributed by atoms with van der Waals surface area (Å²) in [6, 6.07) is 10.1. The number of nitrogens with zero attached hydrogens (tertiary/aromatic N) is 2. The molecule has 0 spiro atoms. The third-order valence-corrected chi connectivity index (χ3v) is 4.24. The maximum Gasteiger partial charge on any atom is 0.242 e. The SMILES string of the molecule is CN(C)CCN(Cc1ccccc1)C(=O)C1(N)CCCC1. The number of amides is 1. The van der Waals surface area contributed by atoms with E-state index in [1.165, 1.54) is 0 Å². The van der Waals surface area contributed by atoms with Crippen LogP contribution in [0.25, 0.3) is 0 Å². The fraction of sp³-hybridized carbons (Fsp3) is 0.588. The molecule has 1 aliphatic rings. The van der Waals surface area contributed by atoms with Gasteiger partial charge in [-0.15, -0.1) is 0 Å². The number of hydrogen-bond acceptors (Lipinski definition) is 3. The van der Waals surface area contributed by atoms with E-state index in [0.29, 0.717) is 6.54 Å². The molecule has 1 aromatic rings. The van der Waals surface area contributed by atoms with E-state index in [9.17, 15) is 4.79 Å². The quantitative estimate of drug-likeness (QED) is 0.869. The van der Waals surface area contributed by atoms with Crippen LogP contribution in [0.3, 0.4) is 0 Å². The fourth-order valence-corrected chi connectivity index (χ4v) is 2.91. The highest BCUT2D eigenvalue weighted by atomic mass is 16.2. The Hall–Kier alpha value is -1.39. The normalized spacial score (nSPS) is 17.1.